The standard InChI is InChI=1S/C17H19NO3/c1-12(13-3-6-15(19-2)7-4-13)18-14-5-8-16-17(11-14)21-10-9-20-16/h3-8,11-12,18H,9-10H2,1-2H3. The minimum Gasteiger partial charge on any atom is -0.497 e. The van der Waals surface area contributed by atoms with Crippen molar-refractivity contribution < 1.29 is 14.2 Å². The van der Waals surface area contributed by atoms with Gasteiger partial charge in [-0.05, 0) is 36.8 Å². The molecule has 0 saturated heterocycles. The minimum absolute atomic E-state index is 0.193. The van der Waals surface area contributed by atoms with Gasteiger partial charge in [0.05, 0.1) is 7.11 Å². The number of methoxy groups -OCH3 is 1. The average molecular weight is 285 g/mol. The summed E-state index contributed by atoms with van der Waals surface area (Å²) in [5.74, 6) is 2.47. The zero-order valence-electron chi connectivity index (χ0n) is 12.3. The Kier molecular flexibility index (Phi) is 3.86. The summed E-state index contributed by atoms with van der Waals surface area (Å²) in [7, 11) is 1.67. The Labute approximate surface area is 124 Å². The molecule has 1 aliphatic heterocycles. The van der Waals surface area contributed by atoms with Gasteiger partial charge in [-0.1, -0.05) is 12.1 Å². The van der Waals surface area contributed by atoms with Gasteiger partial charge in [0.15, 0.2) is 11.5 Å². The molecule has 0 amide bonds. The second-order valence-electron chi connectivity index (χ2n) is 5.00. The molecular formula is C17H19NO3. The molecule has 0 fully saturated rings. The van der Waals surface area contributed by atoms with Crippen molar-refractivity contribution in [2.45, 2.75) is 13.0 Å². The lowest BCUT2D eigenvalue weighted by atomic mass is 10.1. The van der Waals surface area contributed by atoms with Crippen LogP contribution in [0.5, 0.6) is 17.2 Å². The second kappa shape index (κ2) is 5.95. The van der Waals surface area contributed by atoms with Crippen molar-refractivity contribution in [2.24, 2.45) is 0 Å². The fraction of sp³-hybridized carbons (Fsp3) is 0.294. The summed E-state index contributed by atoms with van der Waals surface area (Å²) in [5, 5.41) is 3.47. The van der Waals surface area contributed by atoms with Gasteiger partial charge < -0.3 is 19.5 Å². The number of benzene rings is 2. The minimum atomic E-state index is 0.193. The van der Waals surface area contributed by atoms with E-state index in [0.29, 0.717) is 13.2 Å². The van der Waals surface area contributed by atoms with Crippen LogP contribution in [0.4, 0.5) is 5.69 Å². The zero-order chi connectivity index (χ0) is 14.7. The van der Waals surface area contributed by atoms with Crippen LogP contribution >= 0.6 is 0 Å². The molecule has 4 heteroatoms. The van der Waals surface area contributed by atoms with Gasteiger partial charge in [0.2, 0.25) is 0 Å². The first-order valence-electron chi connectivity index (χ1n) is 7.06. The fourth-order valence-corrected chi connectivity index (χ4v) is 2.36. The van der Waals surface area contributed by atoms with Gasteiger partial charge in [0.25, 0.3) is 0 Å². The predicted octanol–water partition coefficient (Wildman–Crippen LogP) is 3.64. The SMILES string of the molecule is COc1ccc(C(C)Nc2ccc3c(c2)OCCO3)cc1. The van der Waals surface area contributed by atoms with E-state index in [4.69, 9.17) is 14.2 Å². The van der Waals surface area contributed by atoms with Crippen LogP contribution in [-0.2, 0) is 0 Å². The van der Waals surface area contributed by atoms with E-state index in [1.54, 1.807) is 7.11 Å². The van der Waals surface area contributed by atoms with Gasteiger partial charge in [-0.3, -0.25) is 0 Å². The molecule has 110 valence electrons. The molecule has 0 spiro atoms. The van der Waals surface area contributed by atoms with Crippen LogP contribution in [-0.4, -0.2) is 20.3 Å². The lowest BCUT2D eigenvalue weighted by Gasteiger charge is -2.21. The molecule has 0 aromatic heterocycles. The van der Waals surface area contributed by atoms with Crippen molar-refractivity contribution in [3.63, 3.8) is 0 Å². The van der Waals surface area contributed by atoms with E-state index >= 15 is 0 Å². The summed E-state index contributed by atoms with van der Waals surface area (Å²) in [6, 6.07) is 14.2. The van der Waals surface area contributed by atoms with Crippen molar-refractivity contribution in [2.75, 3.05) is 25.6 Å². The van der Waals surface area contributed by atoms with Gasteiger partial charge in [-0.25, -0.2) is 0 Å². The first-order valence-corrected chi connectivity index (χ1v) is 7.06. The van der Waals surface area contributed by atoms with E-state index in [-0.39, 0.29) is 6.04 Å². The predicted molar refractivity (Wildman–Crippen MR) is 82.5 cm³/mol. The molecule has 1 unspecified atom stereocenters. The second-order valence-corrected chi connectivity index (χ2v) is 5.00. The maximum absolute atomic E-state index is 5.60. The maximum atomic E-state index is 5.60. The highest BCUT2D eigenvalue weighted by atomic mass is 16.6. The van der Waals surface area contributed by atoms with E-state index < -0.39 is 0 Å². The third-order valence-corrected chi connectivity index (χ3v) is 3.54. The molecule has 0 radical (unpaired) electrons. The van der Waals surface area contributed by atoms with E-state index in [0.717, 1.165) is 22.9 Å². The average Bonchev–Trinajstić information content (AvgIpc) is 2.55. The molecule has 3 rings (SSSR count). The first kappa shape index (κ1) is 13.6. The quantitative estimate of drug-likeness (QED) is 0.931. The molecule has 1 heterocycles. The number of rotatable bonds is 4. The highest BCUT2D eigenvalue weighted by molar-refractivity contribution is 5.56. The van der Waals surface area contributed by atoms with E-state index in [9.17, 15) is 0 Å². The van der Waals surface area contributed by atoms with Crippen molar-refractivity contribution in [3.05, 3.63) is 48.0 Å². The van der Waals surface area contributed by atoms with E-state index in [2.05, 4.69) is 24.4 Å². The summed E-state index contributed by atoms with van der Waals surface area (Å²) in [6.07, 6.45) is 0. The first-order chi connectivity index (χ1) is 10.3. The monoisotopic (exact) mass is 285 g/mol. The van der Waals surface area contributed by atoms with Gasteiger partial charge in [0, 0.05) is 17.8 Å². The number of fused-ring (bicyclic) bond motifs is 1. The smallest absolute Gasteiger partial charge is 0.163 e. The van der Waals surface area contributed by atoms with Gasteiger partial charge in [-0.2, -0.15) is 0 Å². The molecule has 1 N–H and O–H groups in total. The van der Waals surface area contributed by atoms with Crippen LogP contribution in [0, 0.1) is 0 Å². The molecule has 21 heavy (non-hydrogen) atoms. The molecule has 2 aromatic rings. The molecule has 1 atom stereocenters. The summed E-state index contributed by atoms with van der Waals surface area (Å²) in [4.78, 5) is 0. The lowest BCUT2D eigenvalue weighted by Crippen LogP contribution is -2.15. The number of ether oxygens (including phenoxy) is 3. The summed E-state index contributed by atoms with van der Waals surface area (Å²) >= 11 is 0. The topological polar surface area (TPSA) is 39.7 Å². The Morgan fingerprint density at radius 2 is 1.71 bits per heavy atom. The Hall–Kier alpha value is -2.36. The van der Waals surface area contributed by atoms with Crippen molar-refractivity contribution in [1.82, 2.24) is 0 Å². The summed E-state index contributed by atoms with van der Waals surface area (Å²) in [6.45, 7) is 3.34. The van der Waals surface area contributed by atoms with Crippen LogP contribution in [0.15, 0.2) is 42.5 Å². The van der Waals surface area contributed by atoms with E-state index in [1.807, 2.05) is 30.3 Å². The third-order valence-electron chi connectivity index (χ3n) is 3.54. The summed E-state index contributed by atoms with van der Waals surface area (Å²) < 4.78 is 16.3. The highest BCUT2D eigenvalue weighted by Crippen LogP contribution is 2.33. The van der Waals surface area contributed by atoms with Crippen LogP contribution in [0.1, 0.15) is 18.5 Å². The maximum Gasteiger partial charge on any atom is 0.163 e. The van der Waals surface area contributed by atoms with Crippen molar-refractivity contribution in [1.29, 1.82) is 0 Å². The van der Waals surface area contributed by atoms with Crippen molar-refractivity contribution >= 4 is 5.69 Å². The van der Waals surface area contributed by atoms with Crippen LogP contribution in [0.25, 0.3) is 0 Å². The van der Waals surface area contributed by atoms with Crippen molar-refractivity contribution in [3.8, 4) is 17.2 Å². The van der Waals surface area contributed by atoms with E-state index in [1.165, 1.54) is 5.56 Å². The normalized spacial score (nSPS) is 14.4. The Morgan fingerprint density at radius 3 is 2.43 bits per heavy atom. The van der Waals surface area contributed by atoms with Gasteiger partial charge in [-0.15, -0.1) is 0 Å². The number of hydrogen-bond acceptors (Lipinski definition) is 4. The highest BCUT2D eigenvalue weighted by Gasteiger charge is 2.13. The van der Waals surface area contributed by atoms with Gasteiger partial charge in [0.1, 0.15) is 19.0 Å². The number of anilines is 1. The Balaban J connectivity index is 1.72. The Bertz CT molecular complexity index is 610. The van der Waals surface area contributed by atoms with Gasteiger partial charge >= 0.3 is 0 Å². The number of hydrogen-bond donors (Lipinski definition) is 1. The fourth-order valence-electron chi connectivity index (χ4n) is 2.36. The molecule has 1 aliphatic rings. The molecule has 0 aliphatic carbocycles. The molecule has 4 nitrogen and oxygen atoms in total. The molecule has 2 aromatic carbocycles. The molecule has 0 saturated carbocycles. The van der Waals surface area contributed by atoms with Crippen LogP contribution in [0.2, 0.25) is 0 Å². The van der Waals surface area contributed by atoms with Crippen LogP contribution < -0.4 is 19.5 Å². The largest absolute Gasteiger partial charge is 0.497 e. The third kappa shape index (κ3) is 3.05. The molecule has 0 bridgehead atoms. The Morgan fingerprint density at radius 1 is 1.00 bits per heavy atom. The molecular weight excluding hydrogens is 266 g/mol. The van der Waals surface area contributed by atoms with Crippen LogP contribution in [0.3, 0.4) is 0 Å². The zero-order valence-corrected chi connectivity index (χ0v) is 12.3. The summed E-state index contributed by atoms with van der Waals surface area (Å²) in [5.41, 5.74) is 2.22. The number of nitrogens with one attached hydrogen (secondary N) is 1. The lowest BCUT2D eigenvalue weighted by molar-refractivity contribution is 0.171.